The first-order valence-corrected chi connectivity index (χ1v) is 6.51. The van der Waals surface area contributed by atoms with Crippen molar-refractivity contribution in [2.24, 2.45) is 5.10 Å². The molecule has 0 unspecified atom stereocenters. The van der Waals surface area contributed by atoms with Gasteiger partial charge < -0.3 is 15.2 Å². The van der Waals surface area contributed by atoms with E-state index in [4.69, 9.17) is 4.74 Å². The van der Waals surface area contributed by atoms with Crippen molar-refractivity contribution in [3.05, 3.63) is 33.9 Å². The standard InChI is InChI=1S/C13H16N4O6/c1-23-6-2-5-14-12(19)13(20)16-15-8-9-3-4-11(18)10(7-9)17(21)22/h3-4,7-8,18H,2,5-6H2,1H3,(H,14,19)(H,16,20)/p-1/b15-8-. The van der Waals surface area contributed by atoms with Crippen molar-refractivity contribution in [3.63, 3.8) is 0 Å². The van der Waals surface area contributed by atoms with Crippen LogP contribution in [0.5, 0.6) is 5.75 Å². The summed E-state index contributed by atoms with van der Waals surface area (Å²) in [6, 6.07) is 3.34. The Balaban J connectivity index is 2.52. The molecule has 0 saturated carbocycles. The number of methoxy groups -OCH3 is 1. The van der Waals surface area contributed by atoms with Gasteiger partial charge in [-0.3, -0.25) is 19.7 Å². The number of amides is 2. The van der Waals surface area contributed by atoms with Crippen molar-refractivity contribution in [3.8, 4) is 5.75 Å². The number of carbonyl (C=O) groups excluding carboxylic acids is 2. The summed E-state index contributed by atoms with van der Waals surface area (Å²) < 4.78 is 4.79. The highest BCUT2D eigenvalue weighted by atomic mass is 16.6. The predicted octanol–water partition coefficient (Wildman–Crippen LogP) is -0.729. The van der Waals surface area contributed by atoms with Crippen LogP contribution in [0.15, 0.2) is 23.3 Å². The van der Waals surface area contributed by atoms with Crippen molar-refractivity contribution < 1.29 is 24.4 Å². The molecule has 0 spiro atoms. The molecule has 23 heavy (non-hydrogen) atoms. The maximum atomic E-state index is 11.4. The van der Waals surface area contributed by atoms with E-state index in [2.05, 4.69) is 10.4 Å². The molecule has 0 saturated heterocycles. The SMILES string of the molecule is COCCCNC(=O)C(=O)N/N=C\c1ccc([O-])c([N+](=O)[O-])c1. The Bertz CT molecular complexity index is 616. The first-order valence-electron chi connectivity index (χ1n) is 6.51. The van der Waals surface area contributed by atoms with Crippen molar-refractivity contribution in [1.29, 1.82) is 0 Å². The van der Waals surface area contributed by atoms with E-state index in [1.54, 1.807) is 0 Å². The topological polar surface area (TPSA) is 146 Å². The number of benzene rings is 1. The first kappa shape index (κ1) is 18.0. The van der Waals surface area contributed by atoms with Gasteiger partial charge in [0, 0.05) is 31.9 Å². The molecular weight excluding hydrogens is 308 g/mol. The molecule has 2 N–H and O–H groups in total. The summed E-state index contributed by atoms with van der Waals surface area (Å²) in [6.45, 7) is 0.732. The van der Waals surface area contributed by atoms with Gasteiger partial charge >= 0.3 is 11.8 Å². The van der Waals surface area contributed by atoms with Crippen molar-refractivity contribution in [1.82, 2.24) is 10.7 Å². The molecule has 0 aliphatic heterocycles. The Kier molecular flexibility index (Phi) is 7.14. The van der Waals surface area contributed by atoms with Gasteiger partial charge in [0.15, 0.2) is 0 Å². The van der Waals surface area contributed by atoms with Gasteiger partial charge in [-0.2, -0.15) is 5.10 Å². The van der Waals surface area contributed by atoms with Crippen LogP contribution in [-0.2, 0) is 14.3 Å². The highest BCUT2D eigenvalue weighted by Crippen LogP contribution is 2.22. The maximum Gasteiger partial charge on any atom is 0.329 e. The van der Waals surface area contributed by atoms with Crippen LogP contribution in [0.25, 0.3) is 0 Å². The van der Waals surface area contributed by atoms with E-state index in [1.165, 1.54) is 13.2 Å². The molecule has 0 radical (unpaired) electrons. The average molecular weight is 323 g/mol. The predicted molar refractivity (Wildman–Crippen MR) is 77.8 cm³/mol. The van der Waals surface area contributed by atoms with Gasteiger partial charge in [-0.25, -0.2) is 5.43 Å². The fraction of sp³-hybridized carbons (Fsp3) is 0.308. The molecule has 2 amide bonds. The number of rotatable bonds is 7. The number of hydrogen-bond donors (Lipinski definition) is 2. The number of nitrogens with zero attached hydrogens (tertiary/aromatic N) is 2. The van der Waals surface area contributed by atoms with Crippen LogP contribution in [0.3, 0.4) is 0 Å². The zero-order valence-corrected chi connectivity index (χ0v) is 12.3. The zero-order valence-electron chi connectivity index (χ0n) is 12.3. The Morgan fingerprint density at radius 2 is 2.13 bits per heavy atom. The third kappa shape index (κ3) is 6.09. The van der Waals surface area contributed by atoms with E-state index in [9.17, 15) is 24.8 Å². The molecule has 0 heterocycles. The fourth-order valence-electron chi connectivity index (χ4n) is 1.47. The van der Waals surface area contributed by atoms with Crippen LogP contribution in [0.4, 0.5) is 5.69 Å². The molecule has 1 aromatic rings. The number of nitrogens with one attached hydrogen (secondary N) is 2. The summed E-state index contributed by atoms with van der Waals surface area (Å²) in [5, 5.41) is 27.7. The highest BCUT2D eigenvalue weighted by Gasteiger charge is 2.11. The lowest BCUT2D eigenvalue weighted by Gasteiger charge is -2.06. The second kappa shape index (κ2) is 9.10. The third-order valence-electron chi connectivity index (χ3n) is 2.58. The minimum Gasteiger partial charge on any atom is -0.868 e. The number of ether oxygens (including phenoxy) is 1. The summed E-state index contributed by atoms with van der Waals surface area (Å²) in [7, 11) is 1.52. The molecular formula is C13H15N4O6-. The molecule has 0 bridgehead atoms. The maximum absolute atomic E-state index is 11.4. The van der Waals surface area contributed by atoms with Crippen LogP contribution < -0.4 is 15.8 Å². The number of carbonyl (C=O) groups is 2. The van der Waals surface area contributed by atoms with Gasteiger partial charge in [0.05, 0.1) is 11.1 Å². The summed E-state index contributed by atoms with van der Waals surface area (Å²) in [5.74, 6) is -2.57. The monoisotopic (exact) mass is 323 g/mol. The summed E-state index contributed by atoms with van der Waals surface area (Å²) in [4.78, 5) is 32.6. The van der Waals surface area contributed by atoms with Crippen LogP contribution in [0.1, 0.15) is 12.0 Å². The summed E-state index contributed by atoms with van der Waals surface area (Å²) >= 11 is 0. The van der Waals surface area contributed by atoms with Gasteiger partial charge in [0.25, 0.3) is 5.69 Å². The average Bonchev–Trinajstić information content (AvgIpc) is 2.52. The Morgan fingerprint density at radius 1 is 1.39 bits per heavy atom. The fourth-order valence-corrected chi connectivity index (χ4v) is 1.47. The smallest absolute Gasteiger partial charge is 0.329 e. The number of hydrazone groups is 1. The molecule has 10 heteroatoms. The van der Waals surface area contributed by atoms with Crippen molar-refractivity contribution in [2.45, 2.75) is 6.42 Å². The second-order valence-electron chi connectivity index (χ2n) is 4.29. The van der Waals surface area contributed by atoms with E-state index < -0.39 is 28.2 Å². The minimum absolute atomic E-state index is 0.233. The third-order valence-corrected chi connectivity index (χ3v) is 2.58. The Hall–Kier alpha value is -3.01. The molecule has 0 aliphatic carbocycles. The van der Waals surface area contributed by atoms with Gasteiger partial charge in [-0.05, 0) is 12.2 Å². The van der Waals surface area contributed by atoms with Crippen molar-refractivity contribution in [2.75, 3.05) is 20.3 Å². The number of hydrogen-bond acceptors (Lipinski definition) is 7. The molecule has 0 aromatic heterocycles. The number of nitro groups is 1. The molecule has 0 aliphatic rings. The molecule has 124 valence electrons. The first-order chi connectivity index (χ1) is 11.0. The molecule has 0 atom stereocenters. The van der Waals surface area contributed by atoms with Crippen LogP contribution in [-0.4, -0.2) is 43.2 Å². The van der Waals surface area contributed by atoms with E-state index in [0.717, 1.165) is 18.3 Å². The minimum atomic E-state index is -0.978. The van der Waals surface area contributed by atoms with Crippen LogP contribution >= 0.6 is 0 Å². The van der Waals surface area contributed by atoms with Gasteiger partial charge in [-0.15, -0.1) is 0 Å². The second-order valence-corrected chi connectivity index (χ2v) is 4.29. The summed E-state index contributed by atoms with van der Waals surface area (Å²) in [6.07, 6.45) is 1.65. The Morgan fingerprint density at radius 3 is 2.78 bits per heavy atom. The van der Waals surface area contributed by atoms with Gasteiger partial charge in [-0.1, -0.05) is 12.1 Å². The Labute approximate surface area is 131 Å². The van der Waals surface area contributed by atoms with Crippen LogP contribution in [0, 0.1) is 10.1 Å². The number of nitro benzene ring substituents is 1. The van der Waals surface area contributed by atoms with E-state index in [0.29, 0.717) is 13.0 Å². The van der Waals surface area contributed by atoms with E-state index in [1.807, 2.05) is 5.43 Å². The van der Waals surface area contributed by atoms with Gasteiger partial charge in [0.2, 0.25) is 0 Å². The quantitative estimate of drug-likeness (QED) is 0.222. The normalized spacial score (nSPS) is 10.5. The van der Waals surface area contributed by atoms with Gasteiger partial charge in [0.1, 0.15) is 0 Å². The lowest BCUT2D eigenvalue weighted by atomic mass is 10.2. The highest BCUT2D eigenvalue weighted by molar-refractivity contribution is 6.35. The van der Waals surface area contributed by atoms with E-state index >= 15 is 0 Å². The lowest BCUT2D eigenvalue weighted by molar-refractivity contribution is -0.398. The molecule has 10 nitrogen and oxygen atoms in total. The molecule has 1 aromatic carbocycles. The zero-order chi connectivity index (χ0) is 17.2. The lowest BCUT2D eigenvalue weighted by Crippen LogP contribution is -2.38. The molecule has 1 rings (SSSR count). The van der Waals surface area contributed by atoms with Crippen LogP contribution in [0.2, 0.25) is 0 Å². The molecule has 0 fully saturated rings. The van der Waals surface area contributed by atoms with Crippen molar-refractivity contribution >= 4 is 23.7 Å². The van der Waals surface area contributed by atoms with E-state index in [-0.39, 0.29) is 12.1 Å². The largest absolute Gasteiger partial charge is 0.868 e. The summed E-state index contributed by atoms with van der Waals surface area (Å²) in [5.41, 5.74) is 1.61.